The number of carbonyl (C=O) groups excluding carboxylic acids is 1. The van der Waals surface area contributed by atoms with E-state index in [1.54, 1.807) is 25.3 Å². The van der Waals surface area contributed by atoms with Gasteiger partial charge in [0.15, 0.2) is 29.7 Å². The van der Waals surface area contributed by atoms with Crippen LogP contribution in [0, 0.1) is 0 Å². The zero-order valence-electron chi connectivity index (χ0n) is 24.4. The maximum Gasteiger partial charge on any atom is 0.189 e. The summed E-state index contributed by atoms with van der Waals surface area (Å²) >= 11 is 9.58. The molecule has 1 aromatic heterocycles. The van der Waals surface area contributed by atoms with Gasteiger partial charge in [0.25, 0.3) is 0 Å². The van der Waals surface area contributed by atoms with Crippen LogP contribution in [0.2, 0.25) is 5.02 Å². The SMILES string of the molecule is CCOC(C)OCC.COc1cc2c(Nc3ccc(Br)c(Cl)c3)ncnc2cc1O[C@H]1CO[C@@H]2C(=O)CO[C@H]12.OCCO. The summed E-state index contributed by atoms with van der Waals surface area (Å²) in [5.41, 5.74) is 1.44. The van der Waals surface area contributed by atoms with Crippen LogP contribution in [0.25, 0.3) is 10.9 Å². The molecule has 0 aliphatic carbocycles. The van der Waals surface area contributed by atoms with Crippen LogP contribution < -0.4 is 14.8 Å². The van der Waals surface area contributed by atoms with Gasteiger partial charge in [0.2, 0.25) is 0 Å². The summed E-state index contributed by atoms with van der Waals surface area (Å²) in [7, 11) is 1.56. The number of hydrogen-bond acceptors (Lipinski definition) is 12. The Morgan fingerprint density at radius 3 is 2.44 bits per heavy atom. The van der Waals surface area contributed by atoms with Crippen LogP contribution in [0.4, 0.5) is 11.5 Å². The molecule has 3 heterocycles. The Balaban J connectivity index is 0.000000359. The summed E-state index contributed by atoms with van der Waals surface area (Å²) in [5.74, 6) is 1.54. The highest BCUT2D eigenvalue weighted by Gasteiger charge is 2.48. The lowest BCUT2D eigenvalue weighted by molar-refractivity contribution is -0.125. The number of ketones is 1. The quantitative estimate of drug-likeness (QED) is 0.261. The Bertz CT molecular complexity index is 1330. The molecule has 0 radical (unpaired) electrons. The van der Waals surface area contributed by atoms with Crippen molar-refractivity contribution >= 4 is 55.7 Å². The molecule has 2 fully saturated rings. The molecule has 2 aliphatic heterocycles. The van der Waals surface area contributed by atoms with Gasteiger partial charge in [0.1, 0.15) is 31.0 Å². The van der Waals surface area contributed by atoms with Gasteiger partial charge in [-0.25, -0.2) is 9.97 Å². The second-order valence-corrected chi connectivity index (χ2v) is 10.3. The number of fused-ring (bicyclic) bond motifs is 2. The fourth-order valence-electron chi connectivity index (χ4n) is 4.22. The lowest BCUT2D eigenvalue weighted by Gasteiger charge is -2.20. The predicted octanol–water partition coefficient (Wildman–Crippen LogP) is 4.29. The standard InChI is InChI=1S/C21H17BrClN3O5.C6H14O2.C2H6O2/c1-28-16-5-11-14(6-17(16)31-18-8-30-19-15(27)7-29-20(18)19)24-9-25-21(11)26-10-2-3-12(22)13(23)4-10;1-4-7-6(3)8-5-2;3-1-2-4/h2-6,9,18-20H,7-8H2,1H3,(H,24,25,26);6H,4-5H2,1-3H3;3-4H,1-2H2/t18-,19+,20+;;/m0../s1. The summed E-state index contributed by atoms with van der Waals surface area (Å²) in [4.78, 5) is 20.5. The highest BCUT2D eigenvalue weighted by atomic mass is 79.9. The van der Waals surface area contributed by atoms with Crippen LogP contribution in [0.5, 0.6) is 11.5 Å². The number of halogens is 2. The Labute approximate surface area is 263 Å². The predicted molar refractivity (Wildman–Crippen MR) is 164 cm³/mol. The van der Waals surface area contributed by atoms with Crippen molar-refractivity contribution in [2.75, 3.05) is 52.1 Å². The van der Waals surface area contributed by atoms with E-state index < -0.39 is 18.3 Å². The molecule has 0 saturated carbocycles. The van der Waals surface area contributed by atoms with Crippen molar-refractivity contribution in [1.29, 1.82) is 0 Å². The number of nitrogens with one attached hydrogen (secondary N) is 1. The van der Waals surface area contributed by atoms with Gasteiger partial charge in [-0.1, -0.05) is 11.6 Å². The van der Waals surface area contributed by atoms with Crippen molar-refractivity contribution in [3.8, 4) is 11.5 Å². The molecule has 14 heteroatoms. The Kier molecular flexibility index (Phi) is 14.3. The average Bonchev–Trinajstić information content (AvgIpc) is 3.58. The Hall–Kier alpha value is -2.62. The first kappa shape index (κ1) is 34.9. The molecule has 2 aliphatic rings. The summed E-state index contributed by atoms with van der Waals surface area (Å²) in [6.45, 7) is 7.32. The largest absolute Gasteiger partial charge is 0.493 e. The molecule has 0 unspecified atom stereocenters. The maximum absolute atomic E-state index is 11.8. The van der Waals surface area contributed by atoms with E-state index in [4.69, 9.17) is 50.2 Å². The topological polar surface area (TPSA) is 151 Å². The maximum atomic E-state index is 11.8. The number of ether oxygens (including phenoxy) is 6. The molecular weight excluding hydrogens is 650 g/mol. The number of rotatable bonds is 10. The zero-order valence-corrected chi connectivity index (χ0v) is 26.8. The summed E-state index contributed by atoms with van der Waals surface area (Å²) in [5, 5.41) is 19.8. The van der Waals surface area contributed by atoms with Crippen LogP contribution in [0.1, 0.15) is 20.8 Å². The third kappa shape index (κ3) is 9.68. The summed E-state index contributed by atoms with van der Waals surface area (Å²) in [6.07, 6.45) is 0.0385. The van der Waals surface area contributed by atoms with Crippen LogP contribution in [-0.4, -0.2) is 97.3 Å². The first-order chi connectivity index (χ1) is 20.8. The van der Waals surface area contributed by atoms with Crippen LogP contribution >= 0.6 is 27.5 Å². The Morgan fingerprint density at radius 1 is 1.09 bits per heavy atom. The molecule has 5 rings (SSSR count). The highest BCUT2D eigenvalue weighted by molar-refractivity contribution is 9.10. The van der Waals surface area contributed by atoms with Crippen molar-refractivity contribution < 1.29 is 43.4 Å². The fourth-order valence-corrected chi connectivity index (χ4v) is 4.65. The van der Waals surface area contributed by atoms with Crippen molar-refractivity contribution in [2.45, 2.75) is 45.4 Å². The number of Topliss-reactive ketones (excluding diaryl/α,β-unsaturated/α-hetero) is 1. The molecule has 0 bridgehead atoms. The van der Waals surface area contributed by atoms with Crippen LogP contribution in [-0.2, 0) is 23.7 Å². The fraction of sp³-hybridized carbons (Fsp3) is 0.483. The van der Waals surface area contributed by atoms with Gasteiger partial charge in [0, 0.05) is 34.8 Å². The van der Waals surface area contributed by atoms with E-state index >= 15 is 0 Å². The van der Waals surface area contributed by atoms with Gasteiger partial charge >= 0.3 is 0 Å². The van der Waals surface area contributed by atoms with Crippen molar-refractivity contribution in [2.24, 2.45) is 0 Å². The van der Waals surface area contributed by atoms with E-state index in [0.717, 1.165) is 28.8 Å². The highest BCUT2D eigenvalue weighted by Crippen LogP contribution is 2.37. The molecule has 0 amide bonds. The van der Waals surface area contributed by atoms with Crippen LogP contribution in [0.15, 0.2) is 41.1 Å². The monoisotopic (exact) mass is 685 g/mol. The number of hydrogen-bond donors (Lipinski definition) is 3. The zero-order chi connectivity index (χ0) is 31.4. The molecule has 236 valence electrons. The second kappa shape index (κ2) is 17.6. The minimum atomic E-state index is -0.563. The number of nitrogens with zero attached hydrogens (tertiary/aromatic N) is 2. The number of benzene rings is 2. The lowest BCUT2D eigenvalue weighted by atomic mass is 10.1. The normalized spacial score (nSPS) is 18.9. The van der Waals surface area contributed by atoms with Gasteiger partial charge in [0.05, 0.1) is 37.5 Å². The number of aromatic nitrogens is 2. The Morgan fingerprint density at radius 2 is 1.81 bits per heavy atom. The average molecular weight is 687 g/mol. The van der Waals surface area contributed by atoms with Gasteiger partial charge in [-0.05, 0) is 61.0 Å². The van der Waals surface area contributed by atoms with E-state index in [-0.39, 0.29) is 38.5 Å². The van der Waals surface area contributed by atoms with Gasteiger partial charge in [-0.15, -0.1) is 0 Å². The molecule has 2 aromatic carbocycles. The number of carbonyl (C=O) groups is 1. The molecule has 3 N–H and O–H groups in total. The number of aliphatic hydroxyl groups is 2. The van der Waals surface area contributed by atoms with Crippen molar-refractivity contribution in [3.63, 3.8) is 0 Å². The smallest absolute Gasteiger partial charge is 0.189 e. The first-order valence-corrected chi connectivity index (χ1v) is 14.9. The number of aliphatic hydroxyl groups excluding tert-OH is 2. The lowest BCUT2D eigenvalue weighted by Crippen LogP contribution is -2.33. The molecule has 12 nitrogen and oxygen atoms in total. The van der Waals surface area contributed by atoms with Gasteiger partial charge in [-0.3, -0.25) is 4.79 Å². The summed E-state index contributed by atoms with van der Waals surface area (Å²) < 4.78 is 33.7. The van der Waals surface area contributed by atoms with E-state index in [0.29, 0.717) is 27.9 Å². The third-order valence-corrected chi connectivity index (χ3v) is 7.36. The number of methoxy groups -OCH3 is 1. The van der Waals surface area contributed by atoms with E-state index in [1.165, 1.54) is 6.33 Å². The van der Waals surface area contributed by atoms with Crippen molar-refractivity contribution in [3.05, 3.63) is 46.2 Å². The van der Waals surface area contributed by atoms with Gasteiger partial charge in [-0.2, -0.15) is 0 Å². The van der Waals surface area contributed by atoms with Crippen LogP contribution in [0.3, 0.4) is 0 Å². The molecule has 0 spiro atoms. The van der Waals surface area contributed by atoms with E-state index in [9.17, 15) is 4.79 Å². The van der Waals surface area contributed by atoms with Crippen molar-refractivity contribution in [1.82, 2.24) is 9.97 Å². The minimum absolute atomic E-state index is 0.0370. The second-order valence-electron chi connectivity index (χ2n) is 9.07. The minimum Gasteiger partial charge on any atom is -0.493 e. The third-order valence-electron chi connectivity index (χ3n) is 6.12. The number of anilines is 2. The molecule has 3 atom stereocenters. The molecule has 43 heavy (non-hydrogen) atoms. The molecular formula is C29H37BrClN3O9. The molecule has 3 aromatic rings. The van der Waals surface area contributed by atoms with E-state index in [2.05, 4.69) is 31.2 Å². The summed E-state index contributed by atoms with van der Waals surface area (Å²) in [6, 6.07) is 9.13. The van der Waals surface area contributed by atoms with Gasteiger partial charge < -0.3 is 44.0 Å². The van der Waals surface area contributed by atoms with E-state index in [1.807, 2.05) is 32.9 Å². The first-order valence-electron chi connectivity index (χ1n) is 13.7. The molecule has 2 saturated heterocycles.